The van der Waals surface area contributed by atoms with Crippen molar-refractivity contribution in [1.29, 1.82) is 0 Å². The summed E-state index contributed by atoms with van der Waals surface area (Å²) in [6.07, 6.45) is 1.62. The molecule has 0 aromatic carbocycles. The SMILES string of the molecule is O=C(O)CCn1cnc(-c2cccs2)n1. The molecular weight excluding hydrogens is 214 g/mol. The average molecular weight is 223 g/mol. The molecule has 6 heteroatoms. The van der Waals surface area contributed by atoms with Crippen LogP contribution in [0, 0.1) is 0 Å². The van der Waals surface area contributed by atoms with E-state index in [4.69, 9.17) is 5.11 Å². The van der Waals surface area contributed by atoms with Crippen LogP contribution < -0.4 is 0 Å². The Morgan fingerprint density at radius 2 is 2.47 bits per heavy atom. The lowest BCUT2D eigenvalue weighted by Gasteiger charge is -1.94. The molecule has 0 atom stereocenters. The highest BCUT2D eigenvalue weighted by molar-refractivity contribution is 7.13. The molecule has 0 aliphatic rings. The van der Waals surface area contributed by atoms with E-state index in [1.165, 1.54) is 0 Å². The summed E-state index contributed by atoms with van der Waals surface area (Å²) in [5.41, 5.74) is 0. The molecule has 0 radical (unpaired) electrons. The van der Waals surface area contributed by atoms with E-state index in [0.717, 1.165) is 4.88 Å². The van der Waals surface area contributed by atoms with Crippen molar-refractivity contribution in [1.82, 2.24) is 14.8 Å². The fourth-order valence-corrected chi connectivity index (χ4v) is 1.79. The smallest absolute Gasteiger partial charge is 0.305 e. The molecule has 0 aliphatic heterocycles. The van der Waals surface area contributed by atoms with Crippen LogP contribution in [0.5, 0.6) is 0 Å². The molecule has 0 amide bonds. The van der Waals surface area contributed by atoms with Gasteiger partial charge in [0.15, 0.2) is 5.82 Å². The lowest BCUT2D eigenvalue weighted by molar-refractivity contribution is -0.137. The van der Waals surface area contributed by atoms with Gasteiger partial charge in [0.2, 0.25) is 0 Å². The highest BCUT2D eigenvalue weighted by Crippen LogP contribution is 2.19. The maximum Gasteiger partial charge on any atom is 0.305 e. The van der Waals surface area contributed by atoms with E-state index in [0.29, 0.717) is 12.4 Å². The maximum absolute atomic E-state index is 10.3. The van der Waals surface area contributed by atoms with Crippen LogP contribution in [0.4, 0.5) is 0 Å². The summed E-state index contributed by atoms with van der Waals surface area (Å²) in [7, 11) is 0. The van der Waals surface area contributed by atoms with Crippen molar-refractivity contribution >= 4 is 17.3 Å². The molecule has 0 saturated carbocycles. The molecule has 0 aliphatic carbocycles. The summed E-state index contributed by atoms with van der Waals surface area (Å²) >= 11 is 1.56. The fourth-order valence-electron chi connectivity index (χ4n) is 1.13. The van der Waals surface area contributed by atoms with Gasteiger partial charge in [-0.15, -0.1) is 11.3 Å². The summed E-state index contributed by atoms with van der Waals surface area (Å²) in [4.78, 5) is 15.4. The van der Waals surface area contributed by atoms with Crippen molar-refractivity contribution in [3.63, 3.8) is 0 Å². The Balaban J connectivity index is 2.08. The molecule has 78 valence electrons. The van der Waals surface area contributed by atoms with Crippen LogP contribution in [0.25, 0.3) is 10.7 Å². The first-order valence-electron chi connectivity index (χ1n) is 4.41. The van der Waals surface area contributed by atoms with Gasteiger partial charge in [0.25, 0.3) is 0 Å². The number of aryl methyl sites for hydroxylation is 1. The van der Waals surface area contributed by atoms with E-state index in [1.807, 2.05) is 17.5 Å². The van der Waals surface area contributed by atoms with Crippen LogP contribution in [0.1, 0.15) is 6.42 Å². The molecule has 0 fully saturated rings. The van der Waals surface area contributed by atoms with E-state index in [1.54, 1.807) is 22.3 Å². The second kappa shape index (κ2) is 4.22. The number of hydrogen-bond acceptors (Lipinski definition) is 4. The molecule has 0 saturated heterocycles. The van der Waals surface area contributed by atoms with Crippen molar-refractivity contribution in [2.45, 2.75) is 13.0 Å². The number of rotatable bonds is 4. The molecule has 2 heterocycles. The number of carbonyl (C=O) groups is 1. The predicted molar refractivity (Wildman–Crippen MR) is 55.6 cm³/mol. The van der Waals surface area contributed by atoms with E-state index in [-0.39, 0.29) is 6.42 Å². The van der Waals surface area contributed by atoms with Crippen molar-refractivity contribution < 1.29 is 9.90 Å². The standard InChI is InChI=1S/C9H9N3O2S/c13-8(14)3-4-12-6-10-9(11-12)7-2-1-5-15-7/h1-2,5-6H,3-4H2,(H,13,14). The third-order valence-corrected chi connectivity index (χ3v) is 2.70. The highest BCUT2D eigenvalue weighted by atomic mass is 32.1. The molecule has 0 unspecified atom stereocenters. The monoisotopic (exact) mass is 223 g/mol. The van der Waals surface area contributed by atoms with Crippen LogP contribution in [0.3, 0.4) is 0 Å². The Hall–Kier alpha value is -1.69. The second-order valence-electron chi connectivity index (χ2n) is 2.95. The number of aromatic nitrogens is 3. The Morgan fingerprint density at radius 1 is 1.60 bits per heavy atom. The largest absolute Gasteiger partial charge is 0.481 e. The molecule has 2 aromatic heterocycles. The number of carboxylic acids is 1. The minimum atomic E-state index is -0.830. The Kier molecular flexibility index (Phi) is 2.77. The highest BCUT2D eigenvalue weighted by Gasteiger charge is 2.05. The first kappa shape index (κ1) is 9.85. The van der Waals surface area contributed by atoms with E-state index >= 15 is 0 Å². The van der Waals surface area contributed by atoms with Gasteiger partial charge in [-0.25, -0.2) is 4.98 Å². The van der Waals surface area contributed by atoms with Crippen LogP contribution in [0.2, 0.25) is 0 Å². The van der Waals surface area contributed by atoms with Gasteiger partial charge in [0.1, 0.15) is 6.33 Å². The van der Waals surface area contributed by atoms with Crippen molar-refractivity contribution in [3.8, 4) is 10.7 Å². The molecule has 0 bridgehead atoms. The zero-order chi connectivity index (χ0) is 10.7. The summed E-state index contributed by atoms with van der Waals surface area (Å²) in [6.45, 7) is 0.355. The van der Waals surface area contributed by atoms with Gasteiger partial charge in [-0.2, -0.15) is 5.10 Å². The summed E-state index contributed by atoms with van der Waals surface area (Å²) < 4.78 is 1.54. The lowest BCUT2D eigenvalue weighted by atomic mass is 10.4. The van der Waals surface area contributed by atoms with E-state index < -0.39 is 5.97 Å². The van der Waals surface area contributed by atoms with Crippen molar-refractivity contribution in [2.75, 3.05) is 0 Å². The van der Waals surface area contributed by atoms with Gasteiger partial charge in [-0.1, -0.05) is 6.07 Å². The Labute approximate surface area is 90.0 Å². The zero-order valence-electron chi connectivity index (χ0n) is 7.83. The molecule has 2 rings (SSSR count). The zero-order valence-corrected chi connectivity index (χ0v) is 8.65. The molecule has 2 aromatic rings. The third-order valence-electron chi connectivity index (χ3n) is 1.83. The normalized spacial score (nSPS) is 10.4. The van der Waals surface area contributed by atoms with Gasteiger partial charge in [0, 0.05) is 0 Å². The first-order valence-corrected chi connectivity index (χ1v) is 5.29. The number of hydrogen-bond donors (Lipinski definition) is 1. The molecule has 15 heavy (non-hydrogen) atoms. The molecule has 5 nitrogen and oxygen atoms in total. The van der Waals surface area contributed by atoms with Crippen molar-refractivity contribution in [2.24, 2.45) is 0 Å². The number of carboxylic acid groups (broad SMARTS) is 1. The summed E-state index contributed by atoms with van der Waals surface area (Å²) in [6, 6.07) is 3.86. The van der Waals surface area contributed by atoms with Gasteiger partial charge < -0.3 is 5.11 Å². The molecule has 1 N–H and O–H groups in total. The van der Waals surface area contributed by atoms with Crippen LogP contribution in [-0.2, 0) is 11.3 Å². The van der Waals surface area contributed by atoms with E-state index in [2.05, 4.69) is 10.1 Å². The second-order valence-corrected chi connectivity index (χ2v) is 3.90. The van der Waals surface area contributed by atoms with Crippen LogP contribution >= 0.6 is 11.3 Å². The molecular formula is C9H9N3O2S. The van der Waals surface area contributed by atoms with Gasteiger partial charge >= 0.3 is 5.97 Å². The quantitative estimate of drug-likeness (QED) is 0.852. The van der Waals surface area contributed by atoms with Gasteiger partial charge in [-0.3, -0.25) is 9.48 Å². The Bertz CT molecular complexity index is 450. The molecule has 0 spiro atoms. The van der Waals surface area contributed by atoms with Crippen molar-refractivity contribution in [3.05, 3.63) is 23.8 Å². The van der Waals surface area contributed by atoms with E-state index in [9.17, 15) is 4.79 Å². The van der Waals surface area contributed by atoms with Crippen LogP contribution in [-0.4, -0.2) is 25.8 Å². The summed E-state index contributed by atoms with van der Waals surface area (Å²) in [5, 5.41) is 14.6. The van der Waals surface area contributed by atoms with Gasteiger partial charge in [-0.05, 0) is 11.4 Å². The summed E-state index contributed by atoms with van der Waals surface area (Å²) in [5.74, 6) is -0.182. The minimum Gasteiger partial charge on any atom is -0.481 e. The minimum absolute atomic E-state index is 0.0627. The average Bonchev–Trinajstić information content (AvgIpc) is 2.85. The van der Waals surface area contributed by atoms with Crippen LogP contribution in [0.15, 0.2) is 23.8 Å². The fraction of sp³-hybridized carbons (Fsp3) is 0.222. The predicted octanol–water partition coefficient (Wildman–Crippen LogP) is 1.48. The number of thiophene rings is 1. The lowest BCUT2D eigenvalue weighted by Crippen LogP contribution is -2.04. The first-order chi connectivity index (χ1) is 7.25. The topological polar surface area (TPSA) is 68.0 Å². The number of aliphatic carboxylic acids is 1. The maximum atomic E-state index is 10.3. The van der Waals surface area contributed by atoms with Gasteiger partial charge in [0.05, 0.1) is 17.8 Å². The third kappa shape index (κ3) is 2.41. The number of nitrogens with zero attached hydrogens (tertiary/aromatic N) is 3. The Morgan fingerprint density at radius 3 is 3.13 bits per heavy atom.